The average molecular weight is 315 g/mol. The normalized spacial score (nSPS) is 31.7. The van der Waals surface area contributed by atoms with Gasteiger partial charge in [-0.3, -0.25) is 4.79 Å². The second-order valence-electron chi connectivity index (χ2n) is 6.83. The summed E-state index contributed by atoms with van der Waals surface area (Å²) in [4.78, 5) is 13.5. The molecule has 5 heteroatoms. The van der Waals surface area contributed by atoms with E-state index >= 15 is 0 Å². The summed E-state index contributed by atoms with van der Waals surface area (Å²) in [5.74, 6) is 0.519. The lowest BCUT2D eigenvalue weighted by atomic mass is 9.69. The van der Waals surface area contributed by atoms with E-state index in [2.05, 4.69) is 18.0 Å². The maximum atomic E-state index is 11.2. The maximum absolute atomic E-state index is 11.2. The van der Waals surface area contributed by atoms with E-state index in [0.29, 0.717) is 12.2 Å². The summed E-state index contributed by atoms with van der Waals surface area (Å²) >= 11 is 0. The van der Waals surface area contributed by atoms with E-state index in [1.54, 1.807) is 6.07 Å². The van der Waals surface area contributed by atoms with Crippen molar-refractivity contribution in [3.8, 4) is 11.5 Å². The molecule has 1 N–H and O–H groups in total. The summed E-state index contributed by atoms with van der Waals surface area (Å²) in [5, 5.41) is 10.3. The second-order valence-corrected chi connectivity index (χ2v) is 6.83. The quantitative estimate of drug-likeness (QED) is 0.635. The van der Waals surface area contributed by atoms with Crippen LogP contribution in [0.5, 0.6) is 11.5 Å². The van der Waals surface area contributed by atoms with E-state index in [4.69, 9.17) is 9.47 Å². The van der Waals surface area contributed by atoms with Gasteiger partial charge in [0.25, 0.3) is 0 Å². The van der Waals surface area contributed by atoms with Gasteiger partial charge in [-0.25, -0.2) is 0 Å². The highest BCUT2D eigenvalue weighted by molar-refractivity contribution is 5.66. The van der Waals surface area contributed by atoms with Gasteiger partial charge in [-0.1, -0.05) is 12.1 Å². The number of ether oxygens (including phenoxy) is 2. The first-order valence-corrected chi connectivity index (χ1v) is 8.07. The molecule has 1 spiro atoms. The first kappa shape index (κ1) is 14.6. The van der Waals surface area contributed by atoms with Gasteiger partial charge >= 0.3 is 5.97 Å². The molecule has 2 aliphatic heterocycles. The van der Waals surface area contributed by atoms with Crippen LogP contribution in [0.25, 0.3) is 0 Å². The second kappa shape index (κ2) is 4.99. The van der Waals surface area contributed by atoms with Crippen LogP contribution in [-0.4, -0.2) is 41.8 Å². The van der Waals surface area contributed by atoms with Crippen LogP contribution < -0.4 is 4.74 Å². The molecule has 0 saturated carbocycles. The van der Waals surface area contributed by atoms with E-state index in [-0.39, 0.29) is 29.3 Å². The number of phenolic OH excluding ortho intramolecular Hbond substituents is 1. The Labute approximate surface area is 135 Å². The van der Waals surface area contributed by atoms with Crippen molar-refractivity contribution >= 4 is 5.97 Å². The Balaban J connectivity index is 1.82. The molecule has 5 nitrogen and oxygen atoms in total. The summed E-state index contributed by atoms with van der Waals surface area (Å²) in [6.07, 6.45) is 5.31. The van der Waals surface area contributed by atoms with Crippen LogP contribution in [0, 0.1) is 0 Å². The van der Waals surface area contributed by atoms with Crippen molar-refractivity contribution in [2.75, 3.05) is 13.6 Å². The van der Waals surface area contributed by atoms with Gasteiger partial charge in [0, 0.05) is 25.5 Å². The van der Waals surface area contributed by atoms with Crippen LogP contribution >= 0.6 is 0 Å². The molecule has 0 bridgehead atoms. The molecule has 1 aromatic carbocycles. The third kappa shape index (κ3) is 2.14. The molecular weight excluding hydrogens is 294 g/mol. The summed E-state index contributed by atoms with van der Waals surface area (Å²) in [5.41, 5.74) is 2.09. The van der Waals surface area contributed by atoms with E-state index in [0.717, 1.165) is 25.1 Å². The number of aromatic hydroxyl groups is 1. The summed E-state index contributed by atoms with van der Waals surface area (Å²) in [6.45, 7) is 3.23. The van der Waals surface area contributed by atoms with Crippen LogP contribution in [0.4, 0.5) is 0 Å². The molecule has 0 radical (unpaired) electrons. The van der Waals surface area contributed by atoms with Crippen molar-refractivity contribution in [1.29, 1.82) is 0 Å². The first-order chi connectivity index (χ1) is 11.0. The Morgan fingerprint density at radius 2 is 2.30 bits per heavy atom. The summed E-state index contributed by atoms with van der Waals surface area (Å²) < 4.78 is 11.5. The van der Waals surface area contributed by atoms with Gasteiger partial charge in [0.1, 0.15) is 12.2 Å². The van der Waals surface area contributed by atoms with Gasteiger partial charge < -0.3 is 19.5 Å². The van der Waals surface area contributed by atoms with Crippen molar-refractivity contribution in [1.82, 2.24) is 4.90 Å². The van der Waals surface area contributed by atoms with E-state index < -0.39 is 0 Å². The van der Waals surface area contributed by atoms with E-state index in [9.17, 15) is 9.90 Å². The number of phenols is 1. The molecule has 0 saturated heterocycles. The number of hydrogen-bond acceptors (Lipinski definition) is 5. The lowest BCUT2D eigenvalue weighted by Crippen LogP contribution is -2.43. The molecule has 122 valence electrons. The smallest absolute Gasteiger partial charge is 0.303 e. The van der Waals surface area contributed by atoms with Gasteiger partial charge in [-0.2, -0.15) is 0 Å². The van der Waals surface area contributed by atoms with Crippen LogP contribution in [0.15, 0.2) is 24.3 Å². The number of hydrogen-bond donors (Lipinski definition) is 1. The van der Waals surface area contributed by atoms with Crippen LogP contribution in [0.3, 0.4) is 0 Å². The minimum absolute atomic E-state index is 0.106. The van der Waals surface area contributed by atoms with Crippen molar-refractivity contribution in [2.45, 2.75) is 43.9 Å². The van der Waals surface area contributed by atoms with Gasteiger partial charge in [0.2, 0.25) is 0 Å². The molecular formula is C18H21NO4. The lowest BCUT2D eigenvalue weighted by Gasteiger charge is -2.36. The fourth-order valence-corrected chi connectivity index (χ4v) is 4.22. The number of rotatable bonds is 1. The Morgan fingerprint density at radius 1 is 1.48 bits per heavy atom. The lowest BCUT2D eigenvalue weighted by molar-refractivity contribution is -0.145. The minimum atomic E-state index is -0.282. The third-order valence-electron chi connectivity index (χ3n) is 5.24. The monoisotopic (exact) mass is 315 g/mol. The molecule has 4 rings (SSSR count). The zero-order chi connectivity index (χ0) is 16.2. The summed E-state index contributed by atoms with van der Waals surface area (Å²) in [7, 11) is 2.11. The number of esters is 1. The molecule has 0 fully saturated rings. The Hall–Kier alpha value is -2.01. The Bertz CT molecular complexity index is 699. The molecule has 3 aliphatic rings. The highest BCUT2D eigenvalue weighted by atomic mass is 16.5. The van der Waals surface area contributed by atoms with Crippen LogP contribution in [0.1, 0.15) is 30.9 Å². The van der Waals surface area contributed by atoms with Gasteiger partial charge in [-0.05, 0) is 37.7 Å². The number of benzene rings is 1. The topological polar surface area (TPSA) is 59.0 Å². The molecule has 2 heterocycles. The van der Waals surface area contributed by atoms with E-state index in [1.165, 1.54) is 12.5 Å². The zero-order valence-corrected chi connectivity index (χ0v) is 13.4. The number of nitrogens with zero attached hydrogens (tertiary/aromatic N) is 1. The van der Waals surface area contributed by atoms with Crippen LogP contribution in [-0.2, 0) is 21.5 Å². The SMILES string of the molecule is CC(=O)OC1C=CC23CCN(C)Cc4ccc(O)c(c42)OC3C1. The third-order valence-corrected chi connectivity index (χ3v) is 5.24. The first-order valence-electron chi connectivity index (χ1n) is 8.07. The highest BCUT2D eigenvalue weighted by Gasteiger charge is 2.53. The fraction of sp³-hybridized carbons (Fsp3) is 0.500. The predicted molar refractivity (Wildman–Crippen MR) is 84.5 cm³/mol. The predicted octanol–water partition coefficient (Wildman–Crippen LogP) is 2.12. The molecule has 1 aromatic rings. The van der Waals surface area contributed by atoms with Crippen molar-refractivity contribution < 1.29 is 19.4 Å². The summed E-state index contributed by atoms with van der Waals surface area (Å²) in [6, 6.07) is 3.71. The van der Waals surface area contributed by atoms with Crippen LogP contribution in [0.2, 0.25) is 0 Å². The van der Waals surface area contributed by atoms with E-state index in [1.807, 2.05) is 12.1 Å². The molecule has 0 aromatic heterocycles. The molecule has 3 atom stereocenters. The molecule has 23 heavy (non-hydrogen) atoms. The molecule has 3 unspecified atom stereocenters. The average Bonchev–Trinajstić information content (AvgIpc) is 2.76. The molecule has 1 aliphatic carbocycles. The number of carbonyl (C=O) groups excluding carboxylic acids is 1. The molecule has 0 amide bonds. The largest absolute Gasteiger partial charge is 0.504 e. The maximum Gasteiger partial charge on any atom is 0.303 e. The van der Waals surface area contributed by atoms with Crippen molar-refractivity contribution in [2.24, 2.45) is 0 Å². The highest BCUT2D eigenvalue weighted by Crippen LogP contribution is 2.55. The Morgan fingerprint density at radius 3 is 3.09 bits per heavy atom. The van der Waals surface area contributed by atoms with Gasteiger partial charge in [0.05, 0.1) is 5.41 Å². The van der Waals surface area contributed by atoms with Gasteiger partial charge in [-0.15, -0.1) is 0 Å². The van der Waals surface area contributed by atoms with Crippen molar-refractivity contribution in [3.05, 3.63) is 35.4 Å². The van der Waals surface area contributed by atoms with Crippen molar-refractivity contribution in [3.63, 3.8) is 0 Å². The zero-order valence-electron chi connectivity index (χ0n) is 13.4. The fourth-order valence-electron chi connectivity index (χ4n) is 4.22. The minimum Gasteiger partial charge on any atom is -0.504 e. The van der Waals surface area contributed by atoms with Gasteiger partial charge in [0.15, 0.2) is 11.5 Å². The standard InChI is InChI=1S/C18H21NO4/c1-11(20)22-13-5-6-18-7-8-19(2)10-12-3-4-14(21)17(16(12)18)23-15(18)9-13/h3-6,13,15,21H,7-10H2,1-2H3. The number of carbonyl (C=O) groups is 1. The Kier molecular flexibility index (Phi) is 3.17.